The number of alkyl halides is 1. The van der Waals surface area contributed by atoms with Crippen LogP contribution in [-0.2, 0) is 5.88 Å². The molecule has 84 valence electrons. The fourth-order valence-electron chi connectivity index (χ4n) is 1.44. The van der Waals surface area contributed by atoms with Gasteiger partial charge in [-0.25, -0.2) is 13.8 Å². The third-order valence-electron chi connectivity index (χ3n) is 2.14. The van der Waals surface area contributed by atoms with Crippen molar-refractivity contribution in [3.8, 4) is 11.3 Å². The number of aromatic nitrogens is 1. The average Bonchev–Trinajstić information content (AvgIpc) is 2.63. The van der Waals surface area contributed by atoms with Gasteiger partial charge in [0.05, 0.1) is 11.6 Å². The van der Waals surface area contributed by atoms with Gasteiger partial charge in [-0.2, -0.15) is 0 Å². The molecule has 0 bridgehead atoms. The van der Waals surface area contributed by atoms with Gasteiger partial charge in [0.1, 0.15) is 16.6 Å². The van der Waals surface area contributed by atoms with E-state index in [9.17, 15) is 8.78 Å². The highest BCUT2D eigenvalue weighted by atomic mass is 35.5. The van der Waals surface area contributed by atoms with Crippen molar-refractivity contribution < 1.29 is 8.78 Å². The van der Waals surface area contributed by atoms with Gasteiger partial charge in [0, 0.05) is 10.4 Å². The van der Waals surface area contributed by atoms with Gasteiger partial charge in [-0.05, 0) is 25.1 Å². The van der Waals surface area contributed by atoms with Gasteiger partial charge < -0.3 is 0 Å². The maximum Gasteiger partial charge on any atom is 0.132 e. The summed E-state index contributed by atoms with van der Waals surface area (Å²) in [6, 6.07) is 3.34. The minimum absolute atomic E-state index is 0.185. The molecule has 0 aliphatic carbocycles. The molecular formula is C11H8ClF2NS. The summed E-state index contributed by atoms with van der Waals surface area (Å²) in [7, 11) is 0. The summed E-state index contributed by atoms with van der Waals surface area (Å²) in [5.41, 5.74) is 0.655. The molecule has 0 aliphatic heterocycles. The Morgan fingerprint density at radius 2 is 2.12 bits per heavy atom. The molecular weight excluding hydrogens is 252 g/mol. The fourth-order valence-corrected chi connectivity index (χ4v) is 2.46. The summed E-state index contributed by atoms with van der Waals surface area (Å²) in [5, 5.41) is 0.706. The van der Waals surface area contributed by atoms with Crippen molar-refractivity contribution >= 4 is 22.9 Å². The van der Waals surface area contributed by atoms with Crippen LogP contribution in [0, 0.1) is 18.6 Å². The van der Waals surface area contributed by atoms with Crippen molar-refractivity contribution in [2.45, 2.75) is 12.8 Å². The number of nitrogens with zero attached hydrogens (tertiary/aromatic N) is 1. The Hall–Kier alpha value is -1.00. The van der Waals surface area contributed by atoms with E-state index in [1.54, 1.807) is 0 Å². The van der Waals surface area contributed by atoms with E-state index < -0.39 is 11.6 Å². The minimum atomic E-state index is -0.476. The Morgan fingerprint density at radius 1 is 1.38 bits per heavy atom. The molecule has 0 fully saturated rings. The molecule has 16 heavy (non-hydrogen) atoms. The lowest BCUT2D eigenvalue weighted by molar-refractivity contribution is 0.602. The highest BCUT2D eigenvalue weighted by Gasteiger charge is 2.13. The maximum atomic E-state index is 13.5. The van der Waals surface area contributed by atoms with Crippen LogP contribution in [0.3, 0.4) is 0 Å². The van der Waals surface area contributed by atoms with Gasteiger partial charge >= 0.3 is 0 Å². The molecule has 0 atom stereocenters. The molecule has 0 saturated heterocycles. The van der Waals surface area contributed by atoms with E-state index >= 15 is 0 Å². The van der Waals surface area contributed by atoms with Gasteiger partial charge in [-0.3, -0.25) is 0 Å². The van der Waals surface area contributed by atoms with Crippen LogP contribution in [0.1, 0.15) is 9.88 Å². The van der Waals surface area contributed by atoms with E-state index in [0.717, 1.165) is 23.1 Å². The number of rotatable bonds is 2. The van der Waals surface area contributed by atoms with Crippen LogP contribution in [0.15, 0.2) is 18.2 Å². The van der Waals surface area contributed by atoms with Crippen LogP contribution in [0.4, 0.5) is 8.78 Å². The van der Waals surface area contributed by atoms with Crippen LogP contribution < -0.4 is 0 Å². The number of halogens is 3. The average molecular weight is 260 g/mol. The van der Waals surface area contributed by atoms with E-state index in [2.05, 4.69) is 4.98 Å². The van der Waals surface area contributed by atoms with Crippen molar-refractivity contribution in [2.75, 3.05) is 0 Å². The first-order chi connectivity index (χ1) is 7.61. The molecule has 5 heteroatoms. The molecule has 0 saturated carbocycles. The van der Waals surface area contributed by atoms with Gasteiger partial charge in [0.15, 0.2) is 0 Å². The molecule has 2 aromatic rings. The van der Waals surface area contributed by atoms with Crippen LogP contribution in [0.25, 0.3) is 11.3 Å². The Bertz CT molecular complexity index is 525. The zero-order valence-corrected chi connectivity index (χ0v) is 10.0. The van der Waals surface area contributed by atoms with Crippen LogP contribution >= 0.6 is 22.9 Å². The van der Waals surface area contributed by atoms with Crippen LogP contribution in [-0.4, -0.2) is 4.98 Å². The summed E-state index contributed by atoms with van der Waals surface area (Å²) < 4.78 is 26.5. The summed E-state index contributed by atoms with van der Waals surface area (Å²) in [6.45, 7) is 1.81. The molecule has 1 heterocycles. The van der Waals surface area contributed by atoms with Crippen molar-refractivity contribution in [3.05, 3.63) is 39.7 Å². The predicted octanol–water partition coefficient (Wildman–Crippen LogP) is 4.14. The normalized spacial score (nSPS) is 10.8. The van der Waals surface area contributed by atoms with Gasteiger partial charge in [0.2, 0.25) is 0 Å². The van der Waals surface area contributed by atoms with Gasteiger partial charge in [-0.1, -0.05) is 0 Å². The molecule has 1 nitrogen and oxygen atoms in total. The molecule has 1 aromatic carbocycles. The lowest BCUT2D eigenvalue weighted by Gasteiger charge is -2.00. The van der Waals surface area contributed by atoms with E-state index in [4.69, 9.17) is 11.6 Å². The van der Waals surface area contributed by atoms with E-state index in [-0.39, 0.29) is 11.4 Å². The largest absolute Gasteiger partial charge is 0.240 e. The molecule has 0 spiro atoms. The summed E-state index contributed by atoms with van der Waals surface area (Å²) in [6.07, 6.45) is 0. The van der Waals surface area contributed by atoms with Crippen molar-refractivity contribution in [2.24, 2.45) is 0 Å². The second-order valence-corrected chi connectivity index (χ2v) is 4.83. The van der Waals surface area contributed by atoms with Gasteiger partial charge in [0.25, 0.3) is 0 Å². The predicted molar refractivity (Wildman–Crippen MR) is 61.8 cm³/mol. The van der Waals surface area contributed by atoms with Crippen LogP contribution in [0.5, 0.6) is 0 Å². The Kier molecular flexibility index (Phi) is 3.21. The smallest absolute Gasteiger partial charge is 0.132 e. The SMILES string of the molecule is Cc1sc(CCl)nc1-c1cc(F)ccc1F. The fraction of sp³-hybridized carbons (Fsp3) is 0.182. The molecule has 0 N–H and O–H groups in total. The Balaban J connectivity index is 2.57. The number of thiazole rings is 1. The first-order valence-electron chi connectivity index (χ1n) is 4.59. The highest BCUT2D eigenvalue weighted by molar-refractivity contribution is 7.12. The third-order valence-corrected chi connectivity index (χ3v) is 3.52. The number of hydrogen-bond donors (Lipinski definition) is 0. The van der Waals surface area contributed by atoms with Crippen LogP contribution in [0.2, 0.25) is 0 Å². The Morgan fingerprint density at radius 3 is 2.75 bits per heavy atom. The molecule has 0 aliphatic rings. The molecule has 0 unspecified atom stereocenters. The number of benzene rings is 1. The summed E-state index contributed by atoms with van der Waals surface area (Å²) in [4.78, 5) is 5.01. The third kappa shape index (κ3) is 2.08. The molecule has 0 radical (unpaired) electrons. The topological polar surface area (TPSA) is 12.9 Å². The number of aryl methyl sites for hydroxylation is 1. The van der Waals surface area contributed by atoms with Crippen molar-refractivity contribution in [1.29, 1.82) is 0 Å². The summed E-state index contributed by atoms with van der Waals surface area (Å²) in [5.74, 6) is -0.672. The first-order valence-corrected chi connectivity index (χ1v) is 5.94. The second-order valence-electron chi connectivity index (χ2n) is 3.27. The molecule has 0 amide bonds. The number of hydrogen-bond acceptors (Lipinski definition) is 2. The quantitative estimate of drug-likeness (QED) is 0.739. The van der Waals surface area contributed by atoms with E-state index in [0.29, 0.717) is 10.7 Å². The zero-order chi connectivity index (χ0) is 11.7. The zero-order valence-electron chi connectivity index (χ0n) is 8.43. The lowest BCUT2D eigenvalue weighted by atomic mass is 10.1. The summed E-state index contributed by atoms with van der Waals surface area (Å²) >= 11 is 7.04. The second kappa shape index (κ2) is 4.47. The molecule has 2 rings (SSSR count). The highest BCUT2D eigenvalue weighted by Crippen LogP contribution is 2.30. The lowest BCUT2D eigenvalue weighted by Crippen LogP contribution is -1.88. The Labute approximate surface area is 101 Å². The van der Waals surface area contributed by atoms with E-state index in [1.807, 2.05) is 6.92 Å². The first kappa shape index (κ1) is 11.5. The van der Waals surface area contributed by atoms with Crippen molar-refractivity contribution in [3.63, 3.8) is 0 Å². The maximum absolute atomic E-state index is 13.5. The van der Waals surface area contributed by atoms with Crippen molar-refractivity contribution in [1.82, 2.24) is 4.98 Å². The minimum Gasteiger partial charge on any atom is -0.240 e. The monoisotopic (exact) mass is 259 g/mol. The van der Waals surface area contributed by atoms with Gasteiger partial charge in [-0.15, -0.1) is 22.9 Å². The standard InChI is InChI=1S/C11H8ClF2NS/c1-6-11(15-10(5-12)16-6)8-4-7(13)2-3-9(8)14/h2-4H,5H2,1H3. The molecule has 1 aromatic heterocycles. The van der Waals surface area contributed by atoms with E-state index in [1.165, 1.54) is 11.3 Å².